The van der Waals surface area contributed by atoms with Gasteiger partial charge in [0.1, 0.15) is 24.0 Å². The van der Waals surface area contributed by atoms with Gasteiger partial charge in [-0.2, -0.15) is 0 Å². The Morgan fingerprint density at radius 3 is 2.45 bits per heavy atom. The molecule has 2 aromatic rings. The molecule has 1 aliphatic rings. The highest BCUT2D eigenvalue weighted by atomic mass is 35.5. The lowest BCUT2D eigenvalue weighted by atomic mass is 9.95. The van der Waals surface area contributed by atoms with Crippen LogP contribution in [0.2, 0.25) is 0 Å². The molecule has 4 atom stereocenters. The van der Waals surface area contributed by atoms with Gasteiger partial charge in [0.2, 0.25) is 5.91 Å². The van der Waals surface area contributed by atoms with Gasteiger partial charge >= 0.3 is 17.9 Å². The zero-order valence-corrected chi connectivity index (χ0v) is 22.5. The highest BCUT2D eigenvalue weighted by Gasteiger charge is 2.60. The van der Waals surface area contributed by atoms with Crippen LogP contribution in [0.15, 0.2) is 11.4 Å². The number of carbonyl (C=O) groups excluding carboxylic acids is 4. The number of aromatic nitrogens is 3. The predicted molar refractivity (Wildman–Crippen MR) is 132 cm³/mol. The van der Waals surface area contributed by atoms with E-state index in [4.69, 9.17) is 30.5 Å². The van der Waals surface area contributed by atoms with E-state index in [9.17, 15) is 29.3 Å². The number of thioether (sulfide) groups is 1. The number of alkyl halides is 1. The maximum atomic E-state index is 12.2. The number of anilines is 1. The fourth-order valence-corrected chi connectivity index (χ4v) is 4.54. The summed E-state index contributed by atoms with van der Waals surface area (Å²) >= 11 is 6.69. The molecule has 3 heterocycles. The summed E-state index contributed by atoms with van der Waals surface area (Å²) in [6.07, 6.45) is -1.07. The van der Waals surface area contributed by atoms with E-state index in [-0.39, 0.29) is 28.6 Å². The van der Waals surface area contributed by atoms with Gasteiger partial charge in [-0.15, -0.1) is 11.6 Å². The summed E-state index contributed by atoms with van der Waals surface area (Å²) in [6.45, 7) is 4.44. The zero-order valence-electron chi connectivity index (χ0n) is 20.9. The van der Waals surface area contributed by atoms with Crippen LogP contribution in [0.25, 0.3) is 11.0 Å². The van der Waals surface area contributed by atoms with Crippen LogP contribution in [0.4, 0.5) is 11.5 Å². The largest absolute Gasteiger partial charge is 0.463 e. The summed E-state index contributed by atoms with van der Waals surface area (Å²) < 4.78 is 23.4. The van der Waals surface area contributed by atoms with Gasteiger partial charge in [-0.25, -0.2) is 9.97 Å². The fourth-order valence-electron chi connectivity index (χ4n) is 4.11. The molecule has 15 nitrogen and oxygen atoms in total. The third-order valence-electron chi connectivity index (χ3n) is 5.45. The Hall–Kier alpha value is -3.50. The van der Waals surface area contributed by atoms with Gasteiger partial charge in [0, 0.05) is 20.8 Å². The van der Waals surface area contributed by atoms with Crippen LogP contribution in [0.3, 0.4) is 0 Å². The maximum Gasteiger partial charge on any atom is 0.303 e. The highest BCUT2D eigenvalue weighted by Crippen LogP contribution is 2.46. The van der Waals surface area contributed by atoms with Crippen molar-refractivity contribution >= 4 is 69.7 Å². The molecule has 0 bridgehead atoms. The molecule has 17 heteroatoms. The molecular weight excluding hydrogens is 550 g/mol. The summed E-state index contributed by atoms with van der Waals surface area (Å²) in [7, 11) is 0. The van der Waals surface area contributed by atoms with Crippen LogP contribution in [0.1, 0.15) is 33.9 Å². The van der Waals surface area contributed by atoms with E-state index in [0.29, 0.717) is 0 Å². The molecule has 0 aromatic carbocycles. The normalized spacial score (nSPS) is 22.6. The summed E-state index contributed by atoms with van der Waals surface area (Å²) in [6, 6.07) is 0. The van der Waals surface area contributed by atoms with Crippen LogP contribution in [-0.2, 0) is 38.1 Å². The predicted octanol–water partition coefficient (Wildman–Crippen LogP) is 1.95. The van der Waals surface area contributed by atoms with Crippen molar-refractivity contribution in [2.45, 2.75) is 56.9 Å². The number of hydrogen-bond donors (Lipinski definition) is 1. The van der Waals surface area contributed by atoms with Crippen molar-refractivity contribution in [1.29, 1.82) is 0 Å². The molecule has 38 heavy (non-hydrogen) atoms. The molecule has 206 valence electrons. The first kappa shape index (κ1) is 29.1. The molecule has 0 spiro atoms. The van der Waals surface area contributed by atoms with E-state index in [2.05, 4.69) is 15.3 Å². The van der Waals surface area contributed by atoms with E-state index in [1.807, 2.05) is 0 Å². The Morgan fingerprint density at radius 1 is 1.24 bits per heavy atom. The van der Waals surface area contributed by atoms with Crippen molar-refractivity contribution in [3.8, 4) is 0 Å². The number of nitro groups is 1. The van der Waals surface area contributed by atoms with E-state index < -0.39 is 64.3 Å². The van der Waals surface area contributed by atoms with Crippen LogP contribution in [0, 0.1) is 10.1 Å². The average molecular weight is 574 g/mol. The molecular formula is C21H24ClN5O10S. The number of nitrogens with zero attached hydrogens (tertiary/aromatic N) is 4. The molecule has 1 unspecified atom stereocenters. The quantitative estimate of drug-likeness (QED) is 0.0871. The molecule has 1 aliphatic heterocycles. The average Bonchev–Trinajstić information content (AvgIpc) is 3.32. The number of esters is 3. The van der Waals surface area contributed by atoms with E-state index in [1.165, 1.54) is 18.4 Å². The highest BCUT2D eigenvalue weighted by molar-refractivity contribution is 7.98. The lowest BCUT2D eigenvalue weighted by molar-refractivity contribution is -0.383. The third kappa shape index (κ3) is 5.81. The lowest BCUT2D eigenvalue weighted by Gasteiger charge is -2.34. The lowest BCUT2D eigenvalue weighted by Crippen LogP contribution is -2.50. The Morgan fingerprint density at radius 2 is 1.92 bits per heavy atom. The molecule has 1 N–H and O–H groups in total. The number of ether oxygens (including phenoxy) is 4. The molecule has 0 saturated carbocycles. The van der Waals surface area contributed by atoms with Gasteiger partial charge in [-0.05, 0) is 13.2 Å². The van der Waals surface area contributed by atoms with Crippen molar-refractivity contribution in [3.05, 3.63) is 16.3 Å². The Kier molecular flexibility index (Phi) is 8.79. The Labute approximate surface area is 224 Å². The Balaban J connectivity index is 2.30. The van der Waals surface area contributed by atoms with Gasteiger partial charge < -0.3 is 24.3 Å². The van der Waals surface area contributed by atoms with Crippen molar-refractivity contribution in [1.82, 2.24) is 14.5 Å². The second-order valence-electron chi connectivity index (χ2n) is 8.26. The zero-order chi connectivity index (χ0) is 28.4. The van der Waals surface area contributed by atoms with Crippen molar-refractivity contribution in [3.63, 3.8) is 0 Å². The molecule has 0 aliphatic carbocycles. The van der Waals surface area contributed by atoms with Gasteiger partial charge in [0.25, 0.3) is 5.69 Å². The number of amides is 1. The van der Waals surface area contributed by atoms with Crippen molar-refractivity contribution in [2.75, 3.05) is 24.1 Å². The molecule has 1 saturated heterocycles. The summed E-state index contributed by atoms with van der Waals surface area (Å²) in [5, 5.41) is 14.5. The fraction of sp³-hybridized carbons (Fsp3) is 0.524. The van der Waals surface area contributed by atoms with Gasteiger partial charge in [-0.1, -0.05) is 11.8 Å². The van der Waals surface area contributed by atoms with Gasteiger partial charge in [0.15, 0.2) is 34.6 Å². The standard InChI is InChI=1S/C21H24ClN5O10S/c1-9(28)34-8-13-16(35-10(2)29)21(4,37-11(3)30)19(36-13)26-7-12(27(32)33)15-17(23-14(31)6-22)24-20(38-5)25-18(15)26/h7,13,16,19H,6,8H2,1-5H3,(H,23,24,25,31)/t13-,16-,19?,21+/m1/s1. The summed E-state index contributed by atoms with van der Waals surface area (Å²) in [5.74, 6) is -3.44. The topological polar surface area (TPSA) is 191 Å². The van der Waals surface area contributed by atoms with Crippen LogP contribution in [-0.4, -0.2) is 79.8 Å². The third-order valence-corrected chi connectivity index (χ3v) is 6.24. The minimum Gasteiger partial charge on any atom is -0.463 e. The number of carbonyl (C=O) groups is 4. The van der Waals surface area contributed by atoms with E-state index in [0.717, 1.165) is 31.8 Å². The van der Waals surface area contributed by atoms with E-state index in [1.54, 1.807) is 6.26 Å². The summed E-state index contributed by atoms with van der Waals surface area (Å²) in [5.41, 5.74) is -2.33. The smallest absolute Gasteiger partial charge is 0.303 e. The number of fused-ring (bicyclic) bond motifs is 1. The number of rotatable bonds is 9. The number of halogens is 1. The van der Waals surface area contributed by atoms with Gasteiger partial charge in [-0.3, -0.25) is 33.9 Å². The van der Waals surface area contributed by atoms with Crippen LogP contribution in [0.5, 0.6) is 0 Å². The summed E-state index contributed by atoms with van der Waals surface area (Å²) in [4.78, 5) is 67.5. The minimum atomic E-state index is -1.77. The minimum absolute atomic E-state index is 0.0565. The van der Waals surface area contributed by atoms with Crippen LogP contribution < -0.4 is 5.32 Å². The second kappa shape index (κ2) is 11.5. The SMILES string of the molecule is CSc1nc(NC(=O)CCl)c2c([N+](=O)[O-])cn(C3O[C@H](COC(C)=O)[C@@H](OC(C)=O)[C@]3(C)OC(C)=O)c2n1. The van der Waals surface area contributed by atoms with Crippen molar-refractivity contribution < 1.29 is 43.0 Å². The number of nitrogens with one attached hydrogen (secondary N) is 1. The van der Waals surface area contributed by atoms with Gasteiger partial charge in [0.05, 0.1) is 11.1 Å². The molecule has 1 fully saturated rings. The molecule has 0 radical (unpaired) electrons. The first-order valence-corrected chi connectivity index (χ1v) is 12.7. The molecule has 1 amide bonds. The maximum absolute atomic E-state index is 12.2. The second-order valence-corrected chi connectivity index (χ2v) is 9.30. The monoisotopic (exact) mass is 573 g/mol. The van der Waals surface area contributed by atoms with E-state index >= 15 is 0 Å². The Bertz CT molecular complexity index is 1300. The number of hydrogen-bond acceptors (Lipinski definition) is 13. The molecule has 3 rings (SSSR count). The van der Waals surface area contributed by atoms with Crippen LogP contribution >= 0.6 is 23.4 Å². The van der Waals surface area contributed by atoms with Crippen molar-refractivity contribution in [2.24, 2.45) is 0 Å². The first-order valence-electron chi connectivity index (χ1n) is 10.9. The first-order chi connectivity index (χ1) is 17.8. The molecule has 2 aromatic heterocycles.